The van der Waals surface area contributed by atoms with Crippen molar-refractivity contribution in [2.24, 2.45) is 5.92 Å². The van der Waals surface area contributed by atoms with Crippen LogP contribution >= 0.6 is 0 Å². The van der Waals surface area contributed by atoms with Gasteiger partial charge >= 0.3 is 0 Å². The Balaban J connectivity index is 1.83. The van der Waals surface area contributed by atoms with Crippen molar-refractivity contribution in [1.29, 1.82) is 0 Å². The van der Waals surface area contributed by atoms with Gasteiger partial charge in [0.25, 0.3) is 0 Å². The summed E-state index contributed by atoms with van der Waals surface area (Å²) in [6.45, 7) is 0. The van der Waals surface area contributed by atoms with Crippen LogP contribution in [0.4, 0.5) is 0 Å². The topological polar surface area (TPSA) is 30.0 Å². The highest BCUT2D eigenvalue weighted by molar-refractivity contribution is 5.82. The number of carbonyl (C=O) groups is 1. The van der Waals surface area contributed by atoms with E-state index in [0.717, 1.165) is 31.2 Å². The van der Waals surface area contributed by atoms with E-state index in [1.165, 1.54) is 17.4 Å². The summed E-state index contributed by atoms with van der Waals surface area (Å²) < 4.78 is 0. The van der Waals surface area contributed by atoms with Gasteiger partial charge in [0.15, 0.2) is 0 Å². The van der Waals surface area contributed by atoms with Gasteiger partial charge in [0.05, 0.1) is 5.52 Å². The fourth-order valence-electron chi connectivity index (χ4n) is 2.78. The fraction of sp³-hybridized carbons (Fsp3) is 0.375. The van der Waals surface area contributed by atoms with Crippen molar-refractivity contribution >= 4 is 16.7 Å². The Morgan fingerprint density at radius 3 is 3.00 bits per heavy atom. The third-order valence-electron chi connectivity index (χ3n) is 3.81. The Kier molecular flexibility index (Phi) is 3.09. The van der Waals surface area contributed by atoms with Gasteiger partial charge in [0.2, 0.25) is 0 Å². The zero-order valence-electron chi connectivity index (χ0n) is 10.4. The zero-order chi connectivity index (χ0) is 12.4. The number of hydrogen-bond donors (Lipinski definition) is 0. The number of fused-ring (bicyclic) bond motifs is 1. The maximum absolute atomic E-state index is 11.8. The van der Waals surface area contributed by atoms with E-state index in [1.807, 2.05) is 24.4 Å². The van der Waals surface area contributed by atoms with E-state index in [9.17, 15) is 4.79 Å². The zero-order valence-corrected chi connectivity index (χ0v) is 10.4. The third kappa shape index (κ3) is 2.28. The second-order valence-corrected chi connectivity index (χ2v) is 5.15. The summed E-state index contributed by atoms with van der Waals surface area (Å²) in [5.41, 5.74) is 2.21. The van der Waals surface area contributed by atoms with E-state index in [-0.39, 0.29) is 5.92 Å². The van der Waals surface area contributed by atoms with Crippen molar-refractivity contribution in [3.8, 4) is 0 Å². The van der Waals surface area contributed by atoms with Gasteiger partial charge < -0.3 is 0 Å². The number of rotatable bonds is 2. The lowest BCUT2D eigenvalue weighted by Crippen LogP contribution is -2.21. The Bertz CT molecular complexity index is 576. The quantitative estimate of drug-likeness (QED) is 0.802. The molecule has 0 amide bonds. The summed E-state index contributed by atoms with van der Waals surface area (Å²) in [5.74, 6) is 0.663. The van der Waals surface area contributed by atoms with Crippen LogP contribution in [0.3, 0.4) is 0 Å². The lowest BCUT2D eigenvalue weighted by Gasteiger charge is -2.20. The number of carbonyl (C=O) groups excluding carboxylic acids is 1. The first-order valence-corrected chi connectivity index (χ1v) is 6.69. The average molecular weight is 239 g/mol. The number of Topliss-reactive ketones (excluding diaryl/α,β-unsaturated/α-hetero) is 1. The molecule has 0 radical (unpaired) electrons. The Hall–Kier alpha value is -1.70. The molecule has 0 saturated heterocycles. The molecule has 3 rings (SSSR count). The van der Waals surface area contributed by atoms with E-state index >= 15 is 0 Å². The highest BCUT2D eigenvalue weighted by Crippen LogP contribution is 2.25. The van der Waals surface area contributed by atoms with Crippen LogP contribution in [-0.2, 0) is 11.2 Å². The average Bonchev–Trinajstić information content (AvgIpc) is 2.41. The van der Waals surface area contributed by atoms with Crippen molar-refractivity contribution in [2.75, 3.05) is 0 Å². The first-order chi connectivity index (χ1) is 8.83. The largest absolute Gasteiger partial charge is 0.299 e. The van der Waals surface area contributed by atoms with Crippen molar-refractivity contribution in [1.82, 2.24) is 4.98 Å². The minimum atomic E-state index is 0.224. The first-order valence-electron chi connectivity index (χ1n) is 6.69. The number of para-hydroxylation sites is 1. The maximum atomic E-state index is 11.8. The molecule has 0 N–H and O–H groups in total. The van der Waals surface area contributed by atoms with Crippen molar-refractivity contribution < 1.29 is 4.79 Å². The second-order valence-electron chi connectivity index (χ2n) is 5.15. The standard InChI is InChI=1S/C16H17NO/c18-16-8-4-2-6-14(16)10-12-9-13-5-1-3-7-15(13)17-11-12/h1,3,5,7,9,11,14H,2,4,6,8,10H2. The fourth-order valence-corrected chi connectivity index (χ4v) is 2.78. The molecule has 18 heavy (non-hydrogen) atoms. The Morgan fingerprint density at radius 2 is 2.11 bits per heavy atom. The molecule has 1 aliphatic carbocycles. The van der Waals surface area contributed by atoms with Gasteiger partial charge in [-0.2, -0.15) is 0 Å². The Morgan fingerprint density at radius 1 is 1.22 bits per heavy atom. The molecule has 2 nitrogen and oxygen atoms in total. The van der Waals surface area contributed by atoms with Gasteiger partial charge in [-0.25, -0.2) is 0 Å². The minimum Gasteiger partial charge on any atom is -0.299 e. The summed E-state index contributed by atoms with van der Waals surface area (Å²) in [5, 5.41) is 1.17. The summed E-state index contributed by atoms with van der Waals surface area (Å²) in [6.07, 6.45) is 6.86. The first kappa shape index (κ1) is 11.4. The van der Waals surface area contributed by atoms with Gasteiger partial charge in [-0.15, -0.1) is 0 Å². The predicted molar refractivity (Wildman–Crippen MR) is 72.4 cm³/mol. The number of pyridine rings is 1. The molecule has 1 saturated carbocycles. The molecule has 2 aromatic rings. The number of ketones is 1. The summed E-state index contributed by atoms with van der Waals surface area (Å²) >= 11 is 0. The van der Waals surface area contributed by atoms with Gasteiger partial charge in [0, 0.05) is 23.9 Å². The molecular weight excluding hydrogens is 222 g/mol. The molecule has 0 aliphatic heterocycles. The molecule has 1 fully saturated rings. The van der Waals surface area contributed by atoms with Gasteiger partial charge in [-0.1, -0.05) is 24.6 Å². The van der Waals surface area contributed by atoms with Gasteiger partial charge in [0.1, 0.15) is 5.78 Å². The molecule has 92 valence electrons. The van der Waals surface area contributed by atoms with Crippen molar-refractivity contribution in [3.63, 3.8) is 0 Å². The maximum Gasteiger partial charge on any atom is 0.136 e. The van der Waals surface area contributed by atoms with E-state index < -0.39 is 0 Å². The van der Waals surface area contributed by atoms with Crippen LogP contribution in [0.1, 0.15) is 31.2 Å². The molecule has 1 aromatic heterocycles. The number of aromatic nitrogens is 1. The molecule has 1 unspecified atom stereocenters. The minimum absolute atomic E-state index is 0.224. The summed E-state index contributed by atoms with van der Waals surface area (Å²) in [6, 6.07) is 10.3. The number of hydrogen-bond acceptors (Lipinski definition) is 2. The second kappa shape index (κ2) is 4.89. The monoisotopic (exact) mass is 239 g/mol. The Labute approximate surface area is 107 Å². The third-order valence-corrected chi connectivity index (χ3v) is 3.81. The van der Waals surface area contributed by atoms with Crippen LogP contribution in [0.5, 0.6) is 0 Å². The van der Waals surface area contributed by atoms with Crippen LogP contribution in [0.25, 0.3) is 10.9 Å². The summed E-state index contributed by atoms with van der Waals surface area (Å²) in [7, 11) is 0. The molecule has 1 atom stereocenters. The molecule has 2 heteroatoms. The van der Waals surface area contributed by atoms with E-state index in [0.29, 0.717) is 5.78 Å². The molecule has 0 spiro atoms. The molecule has 1 heterocycles. The lowest BCUT2D eigenvalue weighted by molar-refractivity contribution is -0.124. The number of nitrogens with zero attached hydrogens (tertiary/aromatic N) is 1. The highest BCUT2D eigenvalue weighted by Gasteiger charge is 2.22. The van der Waals surface area contributed by atoms with Crippen LogP contribution in [0.15, 0.2) is 36.5 Å². The molecule has 1 aliphatic rings. The lowest BCUT2D eigenvalue weighted by atomic mass is 9.84. The van der Waals surface area contributed by atoms with Crippen LogP contribution < -0.4 is 0 Å². The SMILES string of the molecule is O=C1CCCCC1Cc1cnc2ccccc2c1. The van der Waals surface area contributed by atoms with Crippen molar-refractivity contribution in [2.45, 2.75) is 32.1 Å². The normalized spacial score (nSPS) is 20.2. The molecule has 0 bridgehead atoms. The van der Waals surface area contributed by atoms with Crippen LogP contribution in [-0.4, -0.2) is 10.8 Å². The highest BCUT2D eigenvalue weighted by atomic mass is 16.1. The smallest absolute Gasteiger partial charge is 0.136 e. The van der Waals surface area contributed by atoms with Gasteiger partial charge in [-0.05, 0) is 37.0 Å². The molecule has 1 aromatic carbocycles. The van der Waals surface area contributed by atoms with E-state index in [1.54, 1.807) is 0 Å². The van der Waals surface area contributed by atoms with Crippen LogP contribution in [0, 0.1) is 5.92 Å². The predicted octanol–water partition coefficient (Wildman–Crippen LogP) is 3.54. The molecular formula is C16H17NO. The van der Waals surface area contributed by atoms with E-state index in [4.69, 9.17) is 0 Å². The summed E-state index contributed by atoms with van der Waals surface area (Å²) in [4.78, 5) is 16.3. The van der Waals surface area contributed by atoms with E-state index in [2.05, 4.69) is 17.1 Å². The van der Waals surface area contributed by atoms with Crippen molar-refractivity contribution in [3.05, 3.63) is 42.1 Å². The van der Waals surface area contributed by atoms with Crippen LogP contribution in [0.2, 0.25) is 0 Å². The number of benzene rings is 1. The van der Waals surface area contributed by atoms with Gasteiger partial charge in [-0.3, -0.25) is 9.78 Å².